The fraction of sp³-hybridized carbons (Fsp3) is 0.278. The second-order valence-corrected chi connectivity index (χ2v) is 7.29. The predicted molar refractivity (Wildman–Crippen MR) is 92.2 cm³/mol. The quantitative estimate of drug-likeness (QED) is 0.856. The fourth-order valence-electron chi connectivity index (χ4n) is 2.20. The molecule has 0 radical (unpaired) electrons. The first-order valence-electron chi connectivity index (χ1n) is 7.53. The molecule has 6 heteroatoms. The van der Waals surface area contributed by atoms with Gasteiger partial charge in [0.05, 0.1) is 0 Å². The Kier molecular flexibility index (Phi) is 6.20. The lowest BCUT2D eigenvalue weighted by molar-refractivity contribution is -0.113. The van der Waals surface area contributed by atoms with Crippen molar-refractivity contribution in [1.82, 2.24) is 0 Å². The number of hydrogen-bond acceptors (Lipinski definition) is 2. The number of nitrogens with one attached hydrogen (secondary N) is 1. The highest BCUT2D eigenvalue weighted by molar-refractivity contribution is 7.84. The number of rotatable bonds is 6. The molecule has 3 nitrogen and oxygen atoms in total. The Morgan fingerprint density at radius 3 is 2.21 bits per heavy atom. The highest BCUT2D eigenvalue weighted by Gasteiger charge is 2.11. The third-order valence-corrected chi connectivity index (χ3v) is 4.65. The van der Waals surface area contributed by atoms with E-state index in [0.29, 0.717) is 12.0 Å². The van der Waals surface area contributed by atoms with Crippen molar-refractivity contribution >= 4 is 22.4 Å². The molecule has 2 aromatic rings. The summed E-state index contributed by atoms with van der Waals surface area (Å²) in [7, 11) is -1.40. The topological polar surface area (TPSA) is 46.2 Å². The van der Waals surface area contributed by atoms with Crippen molar-refractivity contribution in [2.24, 2.45) is 0 Å². The van der Waals surface area contributed by atoms with Crippen molar-refractivity contribution in [1.29, 1.82) is 0 Å². The minimum atomic E-state index is -1.40. The molecule has 24 heavy (non-hydrogen) atoms. The minimum Gasteiger partial charge on any atom is -0.325 e. The molecular formula is C18H19F2NO2S. The Bertz CT molecular complexity index is 725. The smallest absolute Gasteiger partial charge is 0.237 e. The SMILES string of the molecule is CC(C)c1ccc(C[S@@](=O)CC(=O)Nc2cc(F)cc(F)c2)cc1. The number of carbonyl (C=O) groups excluding carboxylic acids is 1. The van der Waals surface area contributed by atoms with E-state index < -0.39 is 28.3 Å². The third-order valence-electron chi connectivity index (χ3n) is 3.41. The monoisotopic (exact) mass is 351 g/mol. The van der Waals surface area contributed by atoms with E-state index in [0.717, 1.165) is 17.7 Å². The molecule has 0 aliphatic heterocycles. The van der Waals surface area contributed by atoms with Crippen molar-refractivity contribution in [2.75, 3.05) is 11.1 Å². The van der Waals surface area contributed by atoms with Crippen LogP contribution in [0.5, 0.6) is 0 Å². The van der Waals surface area contributed by atoms with Gasteiger partial charge in [0.2, 0.25) is 5.91 Å². The lowest BCUT2D eigenvalue weighted by Crippen LogP contribution is -2.20. The lowest BCUT2D eigenvalue weighted by Gasteiger charge is -2.08. The number of benzene rings is 2. The first-order chi connectivity index (χ1) is 11.3. The normalized spacial score (nSPS) is 12.2. The Morgan fingerprint density at radius 1 is 1.08 bits per heavy atom. The molecular weight excluding hydrogens is 332 g/mol. The summed E-state index contributed by atoms with van der Waals surface area (Å²) in [5.74, 6) is -1.67. The second kappa shape index (κ2) is 8.15. The average molecular weight is 351 g/mol. The van der Waals surface area contributed by atoms with Crippen LogP contribution >= 0.6 is 0 Å². The fourth-order valence-corrected chi connectivity index (χ4v) is 3.24. The summed E-state index contributed by atoms with van der Waals surface area (Å²) in [6, 6.07) is 10.5. The lowest BCUT2D eigenvalue weighted by atomic mass is 10.0. The molecule has 0 saturated heterocycles. The second-order valence-electron chi connectivity index (χ2n) is 5.83. The zero-order valence-electron chi connectivity index (χ0n) is 13.5. The molecule has 0 heterocycles. The van der Waals surface area contributed by atoms with Gasteiger partial charge in [0.1, 0.15) is 17.4 Å². The van der Waals surface area contributed by atoms with Crippen LogP contribution in [-0.2, 0) is 21.3 Å². The van der Waals surface area contributed by atoms with Crippen LogP contribution in [0.1, 0.15) is 30.9 Å². The van der Waals surface area contributed by atoms with Gasteiger partial charge in [-0.2, -0.15) is 0 Å². The first kappa shape index (κ1) is 18.3. The summed E-state index contributed by atoms with van der Waals surface area (Å²) in [6.07, 6.45) is 0. The van der Waals surface area contributed by atoms with E-state index in [1.54, 1.807) is 0 Å². The highest BCUT2D eigenvalue weighted by atomic mass is 32.2. The van der Waals surface area contributed by atoms with Crippen LogP contribution in [0.15, 0.2) is 42.5 Å². The summed E-state index contributed by atoms with van der Waals surface area (Å²) in [6.45, 7) is 4.18. The maximum absolute atomic E-state index is 13.1. The van der Waals surface area contributed by atoms with Gasteiger partial charge in [-0.1, -0.05) is 38.1 Å². The van der Waals surface area contributed by atoms with Gasteiger partial charge < -0.3 is 5.32 Å². The average Bonchev–Trinajstić information content (AvgIpc) is 2.46. The van der Waals surface area contributed by atoms with Gasteiger partial charge in [0.15, 0.2) is 0 Å². The number of carbonyl (C=O) groups is 1. The highest BCUT2D eigenvalue weighted by Crippen LogP contribution is 2.16. The summed E-state index contributed by atoms with van der Waals surface area (Å²) in [4.78, 5) is 11.8. The van der Waals surface area contributed by atoms with E-state index in [2.05, 4.69) is 19.2 Å². The Balaban J connectivity index is 1.90. The van der Waals surface area contributed by atoms with Crippen LogP contribution in [0.2, 0.25) is 0 Å². The van der Waals surface area contributed by atoms with Crippen LogP contribution in [0.4, 0.5) is 14.5 Å². The zero-order chi connectivity index (χ0) is 17.7. The van der Waals surface area contributed by atoms with E-state index in [1.807, 2.05) is 24.3 Å². The number of amides is 1. The number of halogens is 2. The van der Waals surface area contributed by atoms with Crippen molar-refractivity contribution in [3.8, 4) is 0 Å². The Labute approximate surface area is 142 Å². The van der Waals surface area contributed by atoms with Gasteiger partial charge in [0.25, 0.3) is 0 Å². The number of anilines is 1. The standard InChI is InChI=1S/C18H19F2NO2S/c1-12(2)14-5-3-13(4-6-14)10-24(23)11-18(22)21-17-8-15(19)7-16(20)9-17/h3-9,12H,10-11H2,1-2H3,(H,21,22)/t24-/m1/s1. The summed E-state index contributed by atoms with van der Waals surface area (Å²) < 4.78 is 38.2. The van der Waals surface area contributed by atoms with Crippen LogP contribution in [0, 0.1) is 11.6 Å². The molecule has 0 unspecified atom stereocenters. The van der Waals surface area contributed by atoms with Crippen LogP contribution in [0.3, 0.4) is 0 Å². The molecule has 0 aliphatic carbocycles. The first-order valence-corrected chi connectivity index (χ1v) is 9.02. The molecule has 0 bridgehead atoms. The van der Waals surface area contributed by atoms with Crippen molar-refractivity contribution in [2.45, 2.75) is 25.5 Å². The molecule has 0 aliphatic rings. The zero-order valence-corrected chi connectivity index (χ0v) is 14.3. The minimum absolute atomic E-state index is 0.00999. The van der Waals surface area contributed by atoms with Crippen LogP contribution in [-0.4, -0.2) is 15.9 Å². The van der Waals surface area contributed by atoms with E-state index >= 15 is 0 Å². The van der Waals surface area contributed by atoms with E-state index in [9.17, 15) is 17.8 Å². The molecule has 1 N–H and O–H groups in total. The van der Waals surface area contributed by atoms with E-state index in [1.165, 1.54) is 5.56 Å². The van der Waals surface area contributed by atoms with E-state index in [-0.39, 0.29) is 17.2 Å². The molecule has 1 atom stereocenters. The van der Waals surface area contributed by atoms with Crippen LogP contribution < -0.4 is 5.32 Å². The Hall–Kier alpha value is -2.08. The maximum atomic E-state index is 13.1. The van der Waals surface area contributed by atoms with Gasteiger partial charge in [0, 0.05) is 28.3 Å². The van der Waals surface area contributed by atoms with Crippen molar-refractivity contribution < 1.29 is 17.8 Å². The molecule has 1 amide bonds. The Morgan fingerprint density at radius 2 is 1.67 bits per heavy atom. The summed E-state index contributed by atoms with van der Waals surface area (Å²) in [5, 5.41) is 2.35. The maximum Gasteiger partial charge on any atom is 0.237 e. The number of hydrogen-bond donors (Lipinski definition) is 1. The van der Waals surface area contributed by atoms with Crippen molar-refractivity contribution in [3.05, 3.63) is 65.2 Å². The van der Waals surface area contributed by atoms with Gasteiger partial charge in [-0.3, -0.25) is 9.00 Å². The van der Waals surface area contributed by atoms with Crippen LogP contribution in [0.25, 0.3) is 0 Å². The van der Waals surface area contributed by atoms with Crippen molar-refractivity contribution in [3.63, 3.8) is 0 Å². The van der Waals surface area contributed by atoms with Gasteiger partial charge in [-0.05, 0) is 29.2 Å². The van der Waals surface area contributed by atoms with E-state index in [4.69, 9.17) is 0 Å². The summed E-state index contributed by atoms with van der Waals surface area (Å²) in [5.41, 5.74) is 2.08. The molecule has 2 aromatic carbocycles. The molecule has 0 spiro atoms. The molecule has 0 saturated carbocycles. The molecule has 128 valence electrons. The predicted octanol–water partition coefficient (Wildman–Crippen LogP) is 3.98. The third kappa shape index (κ3) is 5.53. The van der Waals surface area contributed by atoms with Gasteiger partial charge in [-0.15, -0.1) is 0 Å². The molecule has 2 rings (SSSR count). The summed E-state index contributed by atoms with van der Waals surface area (Å²) >= 11 is 0. The van der Waals surface area contributed by atoms with Gasteiger partial charge in [-0.25, -0.2) is 8.78 Å². The largest absolute Gasteiger partial charge is 0.325 e. The van der Waals surface area contributed by atoms with Gasteiger partial charge >= 0.3 is 0 Å². The molecule has 0 fully saturated rings. The molecule has 0 aromatic heterocycles.